The van der Waals surface area contributed by atoms with Crippen LogP contribution >= 0.6 is 0 Å². The third kappa shape index (κ3) is 7.85. The Labute approximate surface area is 86.3 Å². The molecule has 0 rings (SSSR count). The molecule has 1 amide bonds. The molecule has 0 aromatic heterocycles. The van der Waals surface area contributed by atoms with E-state index in [9.17, 15) is 18.0 Å². The van der Waals surface area contributed by atoms with Crippen LogP contribution < -0.4 is 10.5 Å². The molecule has 15 heavy (non-hydrogen) atoms. The van der Waals surface area contributed by atoms with Crippen molar-refractivity contribution >= 4 is 22.2 Å². The fourth-order valence-electron chi connectivity index (χ4n) is 0.893. The Kier molecular flexibility index (Phi) is 5.19. The highest BCUT2D eigenvalue weighted by atomic mass is 32.2. The molecular weight excluding hydrogens is 228 g/mol. The zero-order valence-corrected chi connectivity index (χ0v) is 8.53. The zero-order valence-electron chi connectivity index (χ0n) is 7.71. The molecule has 0 saturated heterocycles. The Bertz CT molecular complexity index is 338. The van der Waals surface area contributed by atoms with Crippen LogP contribution in [0.15, 0.2) is 0 Å². The van der Waals surface area contributed by atoms with Gasteiger partial charge in [-0.15, -0.1) is 0 Å². The second-order valence-corrected chi connectivity index (χ2v) is 4.03. The third-order valence-electron chi connectivity index (χ3n) is 1.51. The molecule has 1 atom stereocenters. The number of carbonyl (C=O) groups excluding carboxylic acids is 1. The van der Waals surface area contributed by atoms with E-state index in [1.807, 2.05) is 0 Å². The minimum Gasteiger partial charge on any atom is -0.480 e. The normalized spacial score (nSPS) is 13.4. The third-order valence-corrected chi connectivity index (χ3v) is 2.09. The van der Waals surface area contributed by atoms with Crippen molar-refractivity contribution in [3.63, 3.8) is 0 Å². The van der Waals surface area contributed by atoms with E-state index in [0.29, 0.717) is 0 Å². The molecule has 0 heterocycles. The quantitative estimate of drug-likeness (QED) is 0.397. The van der Waals surface area contributed by atoms with Crippen LogP contribution in [0.25, 0.3) is 0 Å². The summed E-state index contributed by atoms with van der Waals surface area (Å²) in [6.45, 7) is 0. The molecule has 0 aromatic rings. The van der Waals surface area contributed by atoms with Gasteiger partial charge in [-0.25, -0.2) is 0 Å². The van der Waals surface area contributed by atoms with Gasteiger partial charge in [-0.3, -0.25) is 14.1 Å². The van der Waals surface area contributed by atoms with E-state index in [-0.39, 0.29) is 19.3 Å². The Morgan fingerprint density at radius 2 is 1.93 bits per heavy atom. The van der Waals surface area contributed by atoms with Crippen molar-refractivity contribution in [2.45, 2.75) is 25.3 Å². The summed E-state index contributed by atoms with van der Waals surface area (Å²) in [5.41, 5.74) is 4.81. The number of hydrogen-bond donors (Lipinski definition) is 4. The van der Waals surface area contributed by atoms with Crippen LogP contribution in [-0.2, 0) is 19.9 Å². The Morgan fingerprint density at radius 1 is 1.40 bits per heavy atom. The van der Waals surface area contributed by atoms with Gasteiger partial charge in [0.15, 0.2) is 0 Å². The van der Waals surface area contributed by atoms with Gasteiger partial charge in [0.2, 0.25) is 5.91 Å². The summed E-state index contributed by atoms with van der Waals surface area (Å²) < 4.78 is 30.5. The highest BCUT2D eigenvalue weighted by molar-refractivity contribution is 7.83. The first-order chi connectivity index (χ1) is 6.72. The van der Waals surface area contributed by atoms with Crippen LogP contribution in [0.4, 0.5) is 0 Å². The van der Waals surface area contributed by atoms with E-state index >= 15 is 0 Å². The summed E-state index contributed by atoms with van der Waals surface area (Å²) in [6, 6.07) is -1.46. The van der Waals surface area contributed by atoms with E-state index < -0.39 is 28.2 Å². The molecule has 0 radical (unpaired) electrons. The van der Waals surface area contributed by atoms with Gasteiger partial charge in [0.1, 0.15) is 6.04 Å². The molecule has 0 saturated carbocycles. The first-order valence-corrected chi connectivity index (χ1v) is 5.42. The molecule has 0 aliphatic rings. The lowest BCUT2D eigenvalue weighted by atomic mass is 10.1. The van der Waals surface area contributed by atoms with E-state index in [1.54, 1.807) is 0 Å². The van der Waals surface area contributed by atoms with Gasteiger partial charge in [-0.2, -0.15) is 13.1 Å². The molecule has 0 aliphatic heterocycles. The van der Waals surface area contributed by atoms with Crippen molar-refractivity contribution < 1.29 is 27.7 Å². The Morgan fingerprint density at radius 3 is 2.27 bits per heavy atom. The van der Waals surface area contributed by atoms with Gasteiger partial charge in [0, 0.05) is 6.42 Å². The first-order valence-electron chi connectivity index (χ1n) is 3.98. The van der Waals surface area contributed by atoms with Gasteiger partial charge >= 0.3 is 16.3 Å². The molecular formula is C6H12N2O6S. The van der Waals surface area contributed by atoms with Crippen LogP contribution in [0, 0.1) is 0 Å². The summed E-state index contributed by atoms with van der Waals surface area (Å²) in [5, 5.41) is 8.55. The van der Waals surface area contributed by atoms with Crippen molar-refractivity contribution in [3.8, 4) is 0 Å². The summed E-state index contributed by atoms with van der Waals surface area (Å²) in [6.07, 6.45) is -0.0518. The van der Waals surface area contributed by atoms with Crippen LogP contribution in [0.2, 0.25) is 0 Å². The number of carbonyl (C=O) groups is 2. The van der Waals surface area contributed by atoms with Gasteiger partial charge in [-0.1, -0.05) is 0 Å². The first kappa shape index (κ1) is 13.8. The zero-order chi connectivity index (χ0) is 12.1. The minimum absolute atomic E-state index is 0.0447. The lowest BCUT2D eigenvalue weighted by molar-refractivity contribution is -0.139. The average molecular weight is 240 g/mol. The van der Waals surface area contributed by atoms with Gasteiger partial charge in [0.05, 0.1) is 0 Å². The van der Waals surface area contributed by atoms with Crippen molar-refractivity contribution in [1.82, 2.24) is 4.72 Å². The lowest BCUT2D eigenvalue weighted by Crippen LogP contribution is -2.40. The molecule has 8 nitrogen and oxygen atoms in total. The number of rotatable bonds is 7. The van der Waals surface area contributed by atoms with E-state index in [4.69, 9.17) is 15.4 Å². The number of nitrogens with one attached hydrogen (secondary N) is 1. The minimum atomic E-state index is -4.57. The largest absolute Gasteiger partial charge is 0.480 e. The fourth-order valence-corrected chi connectivity index (χ4v) is 1.47. The van der Waals surface area contributed by atoms with Crippen molar-refractivity contribution in [2.75, 3.05) is 0 Å². The summed E-state index contributed by atoms with van der Waals surface area (Å²) in [4.78, 5) is 20.8. The van der Waals surface area contributed by atoms with E-state index in [0.717, 1.165) is 0 Å². The van der Waals surface area contributed by atoms with Crippen LogP contribution in [0.3, 0.4) is 0 Å². The second-order valence-electron chi connectivity index (χ2n) is 2.84. The molecule has 0 aromatic carbocycles. The maximum Gasteiger partial charge on any atom is 0.334 e. The van der Waals surface area contributed by atoms with Gasteiger partial charge in [0.25, 0.3) is 0 Å². The lowest BCUT2D eigenvalue weighted by Gasteiger charge is -2.10. The van der Waals surface area contributed by atoms with Crippen LogP contribution in [0.5, 0.6) is 0 Å². The number of aliphatic carboxylic acids is 1. The molecule has 0 unspecified atom stereocenters. The van der Waals surface area contributed by atoms with E-state index in [2.05, 4.69) is 0 Å². The summed E-state index contributed by atoms with van der Waals surface area (Å²) >= 11 is 0. The number of primary amides is 1. The number of carboxylic acids is 1. The highest BCUT2D eigenvalue weighted by Crippen LogP contribution is 2.02. The highest BCUT2D eigenvalue weighted by Gasteiger charge is 2.21. The van der Waals surface area contributed by atoms with Crippen molar-refractivity contribution in [1.29, 1.82) is 0 Å². The molecule has 0 fully saturated rings. The molecule has 88 valence electrons. The maximum absolute atomic E-state index is 10.5. The average Bonchev–Trinajstić information content (AvgIpc) is 1.99. The topological polar surface area (TPSA) is 147 Å². The number of hydrogen-bond acceptors (Lipinski definition) is 4. The standard InChI is InChI=1S/C6H12N2O6S/c7-5(9)3-1-2-4(6(10)11)8-15(12,13)14/h4,8H,1-3H2,(H2,7,9)(H,10,11)(H,12,13,14)/t4-/m1/s1. The van der Waals surface area contributed by atoms with Crippen molar-refractivity contribution in [2.24, 2.45) is 5.73 Å². The van der Waals surface area contributed by atoms with Gasteiger partial charge < -0.3 is 10.8 Å². The Hall–Kier alpha value is -1.19. The summed E-state index contributed by atoms with van der Waals surface area (Å²) in [5.74, 6) is -2.04. The fraction of sp³-hybridized carbons (Fsp3) is 0.667. The number of nitrogens with two attached hydrogens (primary N) is 1. The SMILES string of the molecule is NC(=O)CCC[C@@H](NS(=O)(=O)O)C(=O)O. The smallest absolute Gasteiger partial charge is 0.334 e. The molecule has 5 N–H and O–H groups in total. The van der Waals surface area contributed by atoms with E-state index in [1.165, 1.54) is 4.72 Å². The molecule has 0 aliphatic carbocycles. The maximum atomic E-state index is 10.5. The second kappa shape index (κ2) is 5.63. The number of amides is 1. The van der Waals surface area contributed by atoms with Gasteiger partial charge in [-0.05, 0) is 12.8 Å². The Balaban J connectivity index is 4.18. The monoisotopic (exact) mass is 240 g/mol. The number of carboxylic acid groups (broad SMARTS) is 1. The van der Waals surface area contributed by atoms with Crippen LogP contribution in [0.1, 0.15) is 19.3 Å². The molecule has 0 bridgehead atoms. The summed E-state index contributed by atoms with van der Waals surface area (Å²) in [7, 11) is -4.57. The predicted molar refractivity (Wildman–Crippen MR) is 49.2 cm³/mol. The van der Waals surface area contributed by atoms with Crippen molar-refractivity contribution in [3.05, 3.63) is 0 Å². The molecule has 0 spiro atoms. The predicted octanol–water partition coefficient (Wildman–Crippen LogP) is -1.51. The molecule has 9 heteroatoms. The van der Waals surface area contributed by atoms with Crippen LogP contribution in [-0.4, -0.2) is 36.0 Å².